The smallest absolute Gasteiger partial charge is 0.240 e. The predicted octanol–water partition coefficient (Wildman–Crippen LogP) is 2.31. The van der Waals surface area contributed by atoms with Gasteiger partial charge in [0.05, 0.1) is 6.54 Å². The van der Waals surface area contributed by atoms with Gasteiger partial charge in [0.15, 0.2) is 0 Å². The topological polar surface area (TPSA) is 32.3 Å². The zero-order chi connectivity index (χ0) is 12.1. The summed E-state index contributed by atoms with van der Waals surface area (Å²) in [7, 11) is 0. The molecule has 0 spiro atoms. The number of hydrogen-bond donors (Lipinski definition) is 1. The second-order valence-corrected chi connectivity index (χ2v) is 4.48. The highest BCUT2D eigenvalue weighted by atomic mass is 16.2. The number of fused-ring (bicyclic) bond motifs is 1. The molecule has 0 saturated carbocycles. The number of para-hydroxylation sites is 1. The first-order chi connectivity index (χ1) is 8.33. The van der Waals surface area contributed by atoms with Gasteiger partial charge in [-0.3, -0.25) is 4.79 Å². The number of nitrogens with one attached hydrogen (secondary N) is 1. The second kappa shape index (κ2) is 5.82. The largest absolute Gasteiger partial charge is 0.311 e. The molecule has 1 aliphatic rings. The first-order valence-electron chi connectivity index (χ1n) is 6.42. The average Bonchev–Trinajstić information content (AvgIpc) is 2.50. The Labute approximate surface area is 103 Å². The summed E-state index contributed by atoms with van der Waals surface area (Å²) in [5, 5.41) is 3.18. The van der Waals surface area contributed by atoms with E-state index in [0.29, 0.717) is 6.54 Å². The maximum Gasteiger partial charge on any atom is 0.240 e. The van der Waals surface area contributed by atoms with Crippen molar-refractivity contribution in [1.29, 1.82) is 0 Å². The Morgan fingerprint density at radius 2 is 2.06 bits per heavy atom. The minimum absolute atomic E-state index is 0.186. The van der Waals surface area contributed by atoms with E-state index in [1.165, 1.54) is 18.4 Å². The van der Waals surface area contributed by atoms with Crippen molar-refractivity contribution in [2.24, 2.45) is 0 Å². The summed E-state index contributed by atoms with van der Waals surface area (Å²) in [4.78, 5) is 14.0. The number of amides is 1. The molecule has 0 unspecified atom stereocenters. The van der Waals surface area contributed by atoms with E-state index in [1.807, 2.05) is 23.1 Å². The van der Waals surface area contributed by atoms with Crippen molar-refractivity contribution >= 4 is 11.6 Å². The number of unbranched alkanes of at least 4 members (excludes halogenated alkanes) is 2. The number of hydrogen-bond acceptors (Lipinski definition) is 2. The third kappa shape index (κ3) is 2.86. The summed E-state index contributed by atoms with van der Waals surface area (Å²) in [6.07, 6.45) is 3.44. The number of rotatable bonds is 4. The monoisotopic (exact) mass is 232 g/mol. The Balaban J connectivity index is 2.18. The van der Waals surface area contributed by atoms with Crippen LogP contribution in [0.1, 0.15) is 31.7 Å². The van der Waals surface area contributed by atoms with Gasteiger partial charge in [-0.15, -0.1) is 0 Å². The van der Waals surface area contributed by atoms with Gasteiger partial charge in [0, 0.05) is 18.8 Å². The molecule has 1 amide bonds. The van der Waals surface area contributed by atoms with Crippen molar-refractivity contribution in [2.75, 3.05) is 18.0 Å². The summed E-state index contributed by atoms with van der Waals surface area (Å²) in [6.45, 7) is 4.25. The summed E-state index contributed by atoms with van der Waals surface area (Å²) in [6, 6.07) is 8.17. The summed E-state index contributed by atoms with van der Waals surface area (Å²) in [5.41, 5.74) is 2.30. The quantitative estimate of drug-likeness (QED) is 0.808. The minimum Gasteiger partial charge on any atom is -0.311 e. The molecule has 1 aromatic rings. The highest BCUT2D eigenvalue weighted by Gasteiger charge is 2.20. The first-order valence-corrected chi connectivity index (χ1v) is 6.42. The van der Waals surface area contributed by atoms with Crippen molar-refractivity contribution < 1.29 is 4.79 Å². The lowest BCUT2D eigenvalue weighted by molar-refractivity contribution is -0.117. The molecule has 3 heteroatoms. The van der Waals surface area contributed by atoms with E-state index in [1.54, 1.807) is 0 Å². The maximum atomic E-state index is 12.0. The Hall–Kier alpha value is -1.35. The minimum atomic E-state index is 0.186. The fraction of sp³-hybridized carbons (Fsp3) is 0.500. The van der Waals surface area contributed by atoms with Crippen LogP contribution in [0.5, 0.6) is 0 Å². The third-order valence-electron chi connectivity index (χ3n) is 3.16. The van der Waals surface area contributed by atoms with E-state index >= 15 is 0 Å². The van der Waals surface area contributed by atoms with Crippen molar-refractivity contribution in [3.05, 3.63) is 29.8 Å². The van der Waals surface area contributed by atoms with Gasteiger partial charge in [-0.1, -0.05) is 38.0 Å². The standard InChI is InChI=1S/C14H20N2O/c1-2-3-6-9-16-13-8-5-4-7-12(13)10-15-11-14(16)17/h4-5,7-8,15H,2-3,6,9-11H2,1H3. The van der Waals surface area contributed by atoms with Crippen LogP contribution in [-0.2, 0) is 11.3 Å². The fourth-order valence-corrected chi connectivity index (χ4v) is 2.22. The molecule has 0 bridgehead atoms. The van der Waals surface area contributed by atoms with E-state index in [9.17, 15) is 4.79 Å². The number of nitrogens with zero attached hydrogens (tertiary/aromatic N) is 1. The van der Waals surface area contributed by atoms with Gasteiger partial charge in [-0.2, -0.15) is 0 Å². The molecule has 1 aromatic carbocycles. The van der Waals surface area contributed by atoms with Gasteiger partial charge in [0.25, 0.3) is 0 Å². The number of benzene rings is 1. The summed E-state index contributed by atoms with van der Waals surface area (Å²) >= 11 is 0. The lowest BCUT2D eigenvalue weighted by Crippen LogP contribution is -2.36. The number of carbonyl (C=O) groups excluding carboxylic acids is 1. The Bertz CT molecular complexity index is 390. The molecular formula is C14H20N2O. The van der Waals surface area contributed by atoms with Crippen LogP contribution >= 0.6 is 0 Å². The number of anilines is 1. The molecule has 0 aliphatic carbocycles. The zero-order valence-corrected chi connectivity index (χ0v) is 10.4. The normalized spacial score (nSPS) is 15.6. The van der Waals surface area contributed by atoms with Crippen LogP contribution in [0.25, 0.3) is 0 Å². The SMILES string of the molecule is CCCCCN1C(=O)CNCc2ccccc21. The second-order valence-electron chi connectivity index (χ2n) is 4.48. The molecule has 17 heavy (non-hydrogen) atoms. The maximum absolute atomic E-state index is 12.0. The van der Waals surface area contributed by atoms with Gasteiger partial charge >= 0.3 is 0 Å². The molecule has 0 aromatic heterocycles. The van der Waals surface area contributed by atoms with Gasteiger partial charge < -0.3 is 10.2 Å². The van der Waals surface area contributed by atoms with Crippen LogP contribution in [0.3, 0.4) is 0 Å². The third-order valence-corrected chi connectivity index (χ3v) is 3.16. The van der Waals surface area contributed by atoms with Crippen LogP contribution in [0.15, 0.2) is 24.3 Å². The predicted molar refractivity (Wildman–Crippen MR) is 70.0 cm³/mol. The highest BCUT2D eigenvalue weighted by molar-refractivity contribution is 5.96. The number of carbonyl (C=O) groups is 1. The molecule has 3 nitrogen and oxygen atoms in total. The molecule has 0 saturated heterocycles. The van der Waals surface area contributed by atoms with Gasteiger partial charge in [-0.05, 0) is 18.1 Å². The van der Waals surface area contributed by atoms with E-state index in [-0.39, 0.29) is 5.91 Å². The lowest BCUT2D eigenvalue weighted by Gasteiger charge is -2.22. The van der Waals surface area contributed by atoms with E-state index in [2.05, 4.69) is 18.3 Å². The molecule has 1 aliphatic heterocycles. The van der Waals surface area contributed by atoms with Gasteiger partial charge in [0.1, 0.15) is 0 Å². The molecule has 1 N–H and O–H groups in total. The lowest BCUT2D eigenvalue weighted by atomic mass is 10.1. The van der Waals surface area contributed by atoms with Crippen LogP contribution in [-0.4, -0.2) is 19.0 Å². The van der Waals surface area contributed by atoms with E-state index in [0.717, 1.165) is 25.2 Å². The van der Waals surface area contributed by atoms with Gasteiger partial charge in [-0.25, -0.2) is 0 Å². The summed E-state index contributed by atoms with van der Waals surface area (Å²) in [5.74, 6) is 0.186. The highest BCUT2D eigenvalue weighted by Crippen LogP contribution is 2.22. The summed E-state index contributed by atoms with van der Waals surface area (Å²) < 4.78 is 0. The molecule has 0 atom stereocenters. The zero-order valence-electron chi connectivity index (χ0n) is 10.4. The van der Waals surface area contributed by atoms with Crippen LogP contribution in [0, 0.1) is 0 Å². The van der Waals surface area contributed by atoms with Crippen molar-refractivity contribution in [1.82, 2.24) is 5.32 Å². The van der Waals surface area contributed by atoms with Crippen molar-refractivity contribution in [3.63, 3.8) is 0 Å². The molecule has 0 fully saturated rings. The fourth-order valence-electron chi connectivity index (χ4n) is 2.22. The first kappa shape index (κ1) is 12.1. The average molecular weight is 232 g/mol. The molecule has 0 radical (unpaired) electrons. The van der Waals surface area contributed by atoms with Crippen LogP contribution in [0.2, 0.25) is 0 Å². The molecular weight excluding hydrogens is 212 g/mol. The molecule has 2 rings (SSSR count). The van der Waals surface area contributed by atoms with E-state index in [4.69, 9.17) is 0 Å². The van der Waals surface area contributed by atoms with Gasteiger partial charge in [0.2, 0.25) is 5.91 Å². The Morgan fingerprint density at radius 3 is 2.88 bits per heavy atom. The van der Waals surface area contributed by atoms with Crippen LogP contribution in [0.4, 0.5) is 5.69 Å². The van der Waals surface area contributed by atoms with Crippen molar-refractivity contribution in [2.45, 2.75) is 32.7 Å². The molecule has 92 valence electrons. The van der Waals surface area contributed by atoms with Crippen molar-refractivity contribution in [3.8, 4) is 0 Å². The Kier molecular flexibility index (Phi) is 4.15. The Morgan fingerprint density at radius 1 is 1.24 bits per heavy atom. The molecule has 1 heterocycles. The van der Waals surface area contributed by atoms with E-state index < -0.39 is 0 Å². The van der Waals surface area contributed by atoms with Crippen LogP contribution < -0.4 is 10.2 Å².